The summed E-state index contributed by atoms with van der Waals surface area (Å²) < 4.78 is 10.6. The van der Waals surface area contributed by atoms with Crippen LogP contribution in [0.2, 0.25) is 0 Å². The van der Waals surface area contributed by atoms with E-state index in [-0.39, 0.29) is 11.4 Å². The second-order valence-electron chi connectivity index (χ2n) is 6.47. The van der Waals surface area contributed by atoms with Gasteiger partial charge in [-0.25, -0.2) is 4.98 Å². The summed E-state index contributed by atoms with van der Waals surface area (Å²) in [5, 5.41) is 0.780. The summed E-state index contributed by atoms with van der Waals surface area (Å²) in [7, 11) is 0. The highest BCUT2D eigenvalue weighted by molar-refractivity contribution is 7.09. The van der Waals surface area contributed by atoms with Gasteiger partial charge < -0.3 is 4.74 Å². The molecule has 0 amide bonds. The maximum atomic E-state index is 12.7. The Morgan fingerprint density at radius 2 is 2.04 bits per heavy atom. The van der Waals surface area contributed by atoms with E-state index in [0.717, 1.165) is 29.0 Å². The molecule has 0 saturated carbocycles. The fourth-order valence-electron chi connectivity index (χ4n) is 3.22. The van der Waals surface area contributed by atoms with Crippen LogP contribution in [-0.2, 0) is 0 Å². The number of pyridine rings is 1. The molecule has 6 heteroatoms. The van der Waals surface area contributed by atoms with Gasteiger partial charge >= 0.3 is 0 Å². The lowest BCUT2D eigenvalue weighted by Gasteiger charge is -2.36. The Kier molecular flexibility index (Phi) is 4.28. The zero-order valence-corrected chi connectivity index (χ0v) is 15.5. The number of fused-ring (bicyclic) bond motifs is 1. The average Bonchev–Trinajstić information content (AvgIpc) is 3.18. The number of hydrogen-bond acceptors (Lipinski definition) is 6. The Morgan fingerprint density at radius 1 is 1.19 bits per heavy atom. The van der Waals surface area contributed by atoms with Gasteiger partial charge in [0.15, 0.2) is 11.6 Å². The van der Waals surface area contributed by atoms with Crippen molar-refractivity contribution in [3.05, 3.63) is 48.3 Å². The minimum absolute atomic E-state index is 0.133. The molecule has 0 radical (unpaired) electrons. The van der Waals surface area contributed by atoms with Crippen LogP contribution in [0.25, 0.3) is 22.0 Å². The van der Waals surface area contributed by atoms with Crippen molar-refractivity contribution in [1.29, 1.82) is 0 Å². The molecule has 132 valence electrons. The lowest BCUT2D eigenvalue weighted by molar-refractivity contribution is 0.0350. The van der Waals surface area contributed by atoms with Gasteiger partial charge in [-0.1, -0.05) is 13.8 Å². The number of Topliss-reactive ketones (excluding diaryl/α,β-unsaturated/α-hetero) is 1. The first kappa shape index (κ1) is 16.8. The fraction of sp³-hybridized carbons (Fsp3) is 0.300. The van der Waals surface area contributed by atoms with E-state index >= 15 is 0 Å². The Morgan fingerprint density at radius 3 is 2.77 bits per heavy atom. The van der Waals surface area contributed by atoms with Crippen molar-refractivity contribution in [2.45, 2.75) is 38.7 Å². The standard InChI is InChI=1S/C20H19N3O2S/c1-3-20(4-2)11-16(24)15-10-13(7-8-17(15)25-20)19-22-18(23-26-19)14-6-5-9-21-12-14/h5-10,12H,3-4,11H2,1-2H3. The van der Waals surface area contributed by atoms with Crippen molar-refractivity contribution in [3.63, 3.8) is 0 Å². The van der Waals surface area contributed by atoms with Crippen molar-refractivity contribution in [2.75, 3.05) is 0 Å². The number of ketones is 1. The lowest BCUT2D eigenvalue weighted by Crippen LogP contribution is -2.40. The molecular formula is C20H19N3O2S. The molecule has 2 aromatic heterocycles. The predicted octanol–water partition coefficient (Wildman–Crippen LogP) is 4.79. The van der Waals surface area contributed by atoms with Gasteiger partial charge in [-0.15, -0.1) is 0 Å². The fourth-order valence-corrected chi connectivity index (χ4v) is 3.90. The van der Waals surface area contributed by atoms with E-state index in [4.69, 9.17) is 4.74 Å². The molecule has 26 heavy (non-hydrogen) atoms. The van der Waals surface area contributed by atoms with Crippen molar-refractivity contribution < 1.29 is 9.53 Å². The number of rotatable bonds is 4. The van der Waals surface area contributed by atoms with E-state index in [1.54, 1.807) is 12.4 Å². The van der Waals surface area contributed by atoms with Crippen LogP contribution in [0.4, 0.5) is 0 Å². The number of ether oxygens (including phenoxy) is 1. The van der Waals surface area contributed by atoms with Crippen LogP contribution < -0.4 is 4.74 Å². The molecule has 0 fully saturated rings. The molecule has 0 bridgehead atoms. The first-order valence-electron chi connectivity index (χ1n) is 8.75. The van der Waals surface area contributed by atoms with Gasteiger partial charge in [0, 0.05) is 23.5 Å². The maximum Gasteiger partial charge on any atom is 0.174 e. The topological polar surface area (TPSA) is 65.0 Å². The third-order valence-electron chi connectivity index (χ3n) is 4.97. The Balaban J connectivity index is 1.68. The van der Waals surface area contributed by atoms with Crippen molar-refractivity contribution in [1.82, 2.24) is 14.3 Å². The molecule has 3 heterocycles. The van der Waals surface area contributed by atoms with Crippen molar-refractivity contribution in [2.24, 2.45) is 0 Å². The summed E-state index contributed by atoms with van der Waals surface area (Å²) in [6.07, 6.45) is 5.53. The van der Waals surface area contributed by atoms with Gasteiger partial charge in [0.1, 0.15) is 16.4 Å². The van der Waals surface area contributed by atoms with Crippen LogP contribution in [0.1, 0.15) is 43.5 Å². The van der Waals surface area contributed by atoms with Gasteiger partial charge in [0.05, 0.1) is 12.0 Å². The molecular weight excluding hydrogens is 346 g/mol. The summed E-state index contributed by atoms with van der Waals surface area (Å²) >= 11 is 1.32. The highest BCUT2D eigenvalue weighted by Gasteiger charge is 2.37. The van der Waals surface area contributed by atoms with E-state index in [9.17, 15) is 4.79 Å². The summed E-state index contributed by atoms with van der Waals surface area (Å²) in [5.74, 6) is 1.45. The average molecular weight is 365 g/mol. The van der Waals surface area contributed by atoms with Crippen molar-refractivity contribution in [3.8, 4) is 27.7 Å². The predicted molar refractivity (Wildman–Crippen MR) is 101 cm³/mol. The smallest absolute Gasteiger partial charge is 0.174 e. The van der Waals surface area contributed by atoms with E-state index in [2.05, 4.69) is 28.2 Å². The van der Waals surface area contributed by atoms with Gasteiger partial charge in [0.2, 0.25) is 0 Å². The highest BCUT2D eigenvalue weighted by atomic mass is 32.1. The number of aromatic nitrogens is 3. The van der Waals surface area contributed by atoms with E-state index in [1.807, 2.05) is 30.3 Å². The summed E-state index contributed by atoms with van der Waals surface area (Å²) in [5.41, 5.74) is 2.02. The third-order valence-corrected chi connectivity index (χ3v) is 5.73. The molecule has 0 spiro atoms. The summed E-state index contributed by atoms with van der Waals surface area (Å²) in [6, 6.07) is 9.49. The van der Waals surface area contributed by atoms with E-state index < -0.39 is 0 Å². The van der Waals surface area contributed by atoms with Crippen LogP contribution in [0.5, 0.6) is 5.75 Å². The molecule has 0 atom stereocenters. The van der Waals surface area contributed by atoms with Crippen LogP contribution in [0.3, 0.4) is 0 Å². The van der Waals surface area contributed by atoms with E-state index in [0.29, 0.717) is 23.6 Å². The second kappa shape index (κ2) is 6.61. The molecule has 1 aliphatic heterocycles. The largest absolute Gasteiger partial charge is 0.486 e. The van der Waals surface area contributed by atoms with Crippen LogP contribution >= 0.6 is 11.5 Å². The molecule has 1 aliphatic rings. The lowest BCUT2D eigenvalue weighted by atomic mass is 9.85. The normalized spacial score (nSPS) is 15.4. The van der Waals surface area contributed by atoms with Gasteiger partial charge in [-0.2, -0.15) is 4.37 Å². The molecule has 5 nitrogen and oxygen atoms in total. The molecule has 0 N–H and O–H groups in total. The maximum absolute atomic E-state index is 12.7. The monoisotopic (exact) mass is 365 g/mol. The Hall–Kier alpha value is -2.60. The first-order valence-corrected chi connectivity index (χ1v) is 9.52. The minimum atomic E-state index is -0.373. The highest BCUT2D eigenvalue weighted by Crippen LogP contribution is 2.39. The molecule has 1 aromatic carbocycles. The van der Waals surface area contributed by atoms with Crippen LogP contribution in [0, 0.1) is 0 Å². The van der Waals surface area contributed by atoms with Gasteiger partial charge in [-0.05, 0) is 54.7 Å². The van der Waals surface area contributed by atoms with Crippen LogP contribution in [0.15, 0.2) is 42.7 Å². The summed E-state index contributed by atoms with van der Waals surface area (Å²) in [6.45, 7) is 4.13. The van der Waals surface area contributed by atoms with E-state index in [1.165, 1.54) is 11.5 Å². The second-order valence-corrected chi connectivity index (χ2v) is 7.22. The number of nitrogens with zero attached hydrogens (tertiary/aromatic N) is 3. The van der Waals surface area contributed by atoms with Gasteiger partial charge in [0.25, 0.3) is 0 Å². The summed E-state index contributed by atoms with van der Waals surface area (Å²) in [4.78, 5) is 21.4. The quantitative estimate of drug-likeness (QED) is 0.665. The zero-order chi connectivity index (χ0) is 18.1. The Labute approximate surface area is 156 Å². The molecule has 0 aliphatic carbocycles. The number of benzene rings is 1. The minimum Gasteiger partial charge on any atom is -0.486 e. The molecule has 0 unspecified atom stereocenters. The Bertz CT molecular complexity index is 949. The molecule has 3 aromatic rings. The van der Waals surface area contributed by atoms with Crippen LogP contribution in [-0.4, -0.2) is 25.7 Å². The molecule has 0 saturated heterocycles. The SMILES string of the molecule is CCC1(CC)CC(=O)c2cc(-c3nc(-c4cccnc4)ns3)ccc2O1. The zero-order valence-electron chi connectivity index (χ0n) is 14.7. The number of carbonyl (C=O) groups is 1. The number of hydrogen-bond donors (Lipinski definition) is 0. The van der Waals surface area contributed by atoms with Gasteiger partial charge in [-0.3, -0.25) is 9.78 Å². The third kappa shape index (κ3) is 2.90. The first-order chi connectivity index (χ1) is 12.6. The number of carbonyl (C=O) groups excluding carboxylic acids is 1. The molecule has 4 rings (SSSR count). The van der Waals surface area contributed by atoms with Crippen molar-refractivity contribution >= 4 is 17.3 Å².